The number of aliphatic hydroxyl groups is 1. The van der Waals surface area contributed by atoms with E-state index in [2.05, 4.69) is 10.6 Å². The Kier molecular flexibility index (Phi) is 6.79. The second kappa shape index (κ2) is 8.11. The van der Waals surface area contributed by atoms with Crippen LogP contribution >= 0.6 is 0 Å². The standard InChI is InChI=1S/C14H19F3N2O3/c1-22-8-7-18-9-12(20)19-10-13(21,14(15,16)17)11-5-3-2-4-6-11/h2-6,18,21H,7-10H2,1H3,(H,19,20). The molecule has 1 rings (SSSR count). The second-order valence-electron chi connectivity index (χ2n) is 4.67. The molecule has 5 nitrogen and oxygen atoms in total. The summed E-state index contributed by atoms with van der Waals surface area (Å²) in [5, 5.41) is 14.8. The minimum Gasteiger partial charge on any atom is -0.383 e. The molecule has 0 fully saturated rings. The van der Waals surface area contributed by atoms with Gasteiger partial charge < -0.3 is 20.5 Å². The lowest BCUT2D eigenvalue weighted by Crippen LogP contribution is -2.52. The van der Waals surface area contributed by atoms with Crippen molar-refractivity contribution in [2.75, 3.05) is 33.4 Å². The van der Waals surface area contributed by atoms with Crippen LogP contribution in [0.5, 0.6) is 0 Å². The van der Waals surface area contributed by atoms with Gasteiger partial charge in [0.15, 0.2) is 0 Å². The summed E-state index contributed by atoms with van der Waals surface area (Å²) in [6, 6.07) is 6.64. The maximum atomic E-state index is 13.2. The summed E-state index contributed by atoms with van der Waals surface area (Å²) in [4.78, 5) is 11.5. The molecule has 124 valence electrons. The van der Waals surface area contributed by atoms with Gasteiger partial charge in [-0.1, -0.05) is 30.3 Å². The molecule has 1 aromatic rings. The SMILES string of the molecule is COCCNCC(=O)NCC(O)(c1ccccc1)C(F)(F)F. The number of rotatable bonds is 8. The number of methoxy groups -OCH3 is 1. The highest BCUT2D eigenvalue weighted by atomic mass is 19.4. The van der Waals surface area contributed by atoms with E-state index in [1.54, 1.807) is 6.07 Å². The number of nitrogens with one attached hydrogen (secondary N) is 2. The molecule has 1 aromatic carbocycles. The molecule has 0 radical (unpaired) electrons. The van der Waals surface area contributed by atoms with Gasteiger partial charge >= 0.3 is 6.18 Å². The lowest BCUT2D eigenvalue weighted by Gasteiger charge is -2.31. The van der Waals surface area contributed by atoms with Crippen molar-refractivity contribution in [3.8, 4) is 0 Å². The number of carbonyl (C=O) groups excluding carboxylic acids is 1. The van der Waals surface area contributed by atoms with Crippen molar-refractivity contribution in [1.82, 2.24) is 10.6 Å². The Balaban J connectivity index is 2.66. The van der Waals surface area contributed by atoms with Crippen LogP contribution in [0.25, 0.3) is 0 Å². The van der Waals surface area contributed by atoms with Crippen LogP contribution in [0.1, 0.15) is 5.56 Å². The van der Waals surface area contributed by atoms with E-state index in [-0.39, 0.29) is 12.1 Å². The fourth-order valence-electron chi connectivity index (χ4n) is 1.74. The number of alkyl halides is 3. The molecule has 8 heteroatoms. The maximum absolute atomic E-state index is 13.2. The Morgan fingerprint density at radius 2 is 1.91 bits per heavy atom. The number of hydrogen-bond donors (Lipinski definition) is 3. The average Bonchev–Trinajstić information content (AvgIpc) is 2.49. The highest BCUT2D eigenvalue weighted by molar-refractivity contribution is 5.78. The molecule has 0 saturated heterocycles. The van der Waals surface area contributed by atoms with Crippen molar-refractivity contribution in [1.29, 1.82) is 0 Å². The van der Waals surface area contributed by atoms with Gasteiger partial charge in [-0.2, -0.15) is 13.2 Å². The smallest absolute Gasteiger partial charge is 0.383 e. The molecule has 1 unspecified atom stereocenters. The molecular formula is C14H19F3N2O3. The van der Waals surface area contributed by atoms with Gasteiger partial charge in [0.25, 0.3) is 0 Å². The quantitative estimate of drug-likeness (QED) is 0.619. The molecule has 0 heterocycles. The van der Waals surface area contributed by atoms with Gasteiger partial charge in [0, 0.05) is 13.7 Å². The summed E-state index contributed by atoms with van der Waals surface area (Å²) >= 11 is 0. The fourth-order valence-corrected chi connectivity index (χ4v) is 1.74. The summed E-state index contributed by atoms with van der Waals surface area (Å²) < 4.78 is 44.2. The third-order valence-electron chi connectivity index (χ3n) is 3.03. The Labute approximate surface area is 126 Å². The first kappa shape index (κ1) is 18.4. The zero-order valence-corrected chi connectivity index (χ0v) is 12.1. The molecule has 0 aliphatic carbocycles. The Morgan fingerprint density at radius 1 is 1.27 bits per heavy atom. The van der Waals surface area contributed by atoms with Gasteiger partial charge in [0.2, 0.25) is 11.5 Å². The van der Waals surface area contributed by atoms with E-state index in [4.69, 9.17) is 4.74 Å². The summed E-state index contributed by atoms with van der Waals surface area (Å²) in [6.45, 7) is -0.340. The number of carbonyl (C=O) groups is 1. The normalized spacial score (nSPS) is 14.4. The van der Waals surface area contributed by atoms with Gasteiger partial charge in [-0.05, 0) is 5.56 Å². The van der Waals surface area contributed by atoms with E-state index in [0.29, 0.717) is 13.2 Å². The monoisotopic (exact) mass is 320 g/mol. The van der Waals surface area contributed by atoms with Crippen LogP contribution in [-0.4, -0.2) is 50.5 Å². The van der Waals surface area contributed by atoms with E-state index in [1.807, 2.05) is 0 Å². The maximum Gasteiger partial charge on any atom is 0.423 e. The molecule has 1 atom stereocenters. The third-order valence-corrected chi connectivity index (χ3v) is 3.03. The van der Waals surface area contributed by atoms with Crippen LogP contribution in [0, 0.1) is 0 Å². The lowest BCUT2D eigenvalue weighted by molar-refractivity contribution is -0.264. The van der Waals surface area contributed by atoms with Crippen LogP contribution in [0.2, 0.25) is 0 Å². The van der Waals surface area contributed by atoms with Gasteiger partial charge in [-0.15, -0.1) is 0 Å². The Morgan fingerprint density at radius 3 is 2.45 bits per heavy atom. The first-order valence-corrected chi connectivity index (χ1v) is 6.62. The van der Waals surface area contributed by atoms with Crippen molar-refractivity contribution in [2.45, 2.75) is 11.8 Å². The van der Waals surface area contributed by atoms with E-state index >= 15 is 0 Å². The predicted molar refractivity (Wildman–Crippen MR) is 74.1 cm³/mol. The number of halogens is 3. The van der Waals surface area contributed by atoms with Gasteiger partial charge in [0.05, 0.1) is 19.7 Å². The van der Waals surface area contributed by atoms with Crippen LogP contribution < -0.4 is 10.6 Å². The topological polar surface area (TPSA) is 70.6 Å². The van der Waals surface area contributed by atoms with E-state index in [1.165, 1.54) is 19.2 Å². The highest BCUT2D eigenvalue weighted by Crippen LogP contribution is 2.38. The minimum atomic E-state index is -4.91. The van der Waals surface area contributed by atoms with Crippen molar-refractivity contribution >= 4 is 5.91 Å². The van der Waals surface area contributed by atoms with Crippen molar-refractivity contribution in [3.63, 3.8) is 0 Å². The molecule has 0 saturated carbocycles. The van der Waals surface area contributed by atoms with Gasteiger partial charge in [0.1, 0.15) is 0 Å². The molecule has 0 aromatic heterocycles. The molecule has 0 aliphatic rings. The first-order chi connectivity index (χ1) is 10.3. The number of ether oxygens (including phenoxy) is 1. The predicted octanol–water partition coefficient (Wildman–Crippen LogP) is 0.789. The highest BCUT2D eigenvalue weighted by Gasteiger charge is 2.55. The van der Waals surface area contributed by atoms with Crippen LogP contribution in [0.4, 0.5) is 13.2 Å². The fraction of sp³-hybridized carbons (Fsp3) is 0.500. The van der Waals surface area contributed by atoms with Crippen molar-refractivity contribution in [2.24, 2.45) is 0 Å². The third kappa shape index (κ3) is 4.97. The van der Waals surface area contributed by atoms with Gasteiger partial charge in [-0.3, -0.25) is 4.79 Å². The van der Waals surface area contributed by atoms with Crippen molar-refractivity contribution in [3.05, 3.63) is 35.9 Å². The van der Waals surface area contributed by atoms with E-state index < -0.39 is 24.2 Å². The van der Waals surface area contributed by atoms with E-state index in [0.717, 1.165) is 12.1 Å². The van der Waals surface area contributed by atoms with E-state index in [9.17, 15) is 23.1 Å². The number of benzene rings is 1. The van der Waals surface area contributed by atoms with Crippen LogP contribution in [0.15, 0.2) is 30.3 Å². The molecular weight excluding hydrogens is 301 g/mol. The summed E-state index contributed by atoms with van der Waals surface area (Å²) in [7, 11) is 1.49. The zero-order valence-electron chi connectivity index (χ0n) is 12.1. The second-order valence-corrected chi connectivity index (χ2v) is 4.67. The Bertz CT molecular complexity index is 468. The lowest BCUT2D eigenvalue weighted by atomic mass is 9.93. The number of amides is 1. The van der Waals surface area contributed by atoms with Crippen LogP contribution in [0.3, 0.4) is 0 Å². The molecule has 0 spiro atoms. The average molecular weight is 320 g/mol. The summed E-state index contributed by atoms with van der Waals surface area (Å²) in [5.74, 6) is -0.644. The molecule has 1 amide bonds. The number of hydrogen-bond acceptors (Lipinski definition) is 4. The zero-order chi connectivity index (χ0) is 16.6. The largest absolute Gasteiger partial charge is 0.423 e. The van der Waals surface area contributed by atoms with Crippen LogP contribution in [-0.2, 0) is 15.1 Å². The first-order valence-electron chi connectivity index (χ1n) is 6.62. The molecule has 22 heavy (non-hydrogen) atoms. The summed E-state index contributed by atoms with van der Waals surface area (Å²) in [5.41, 5.74) is -3.45. The van der Waals surface area contributed by atoms with Gasteiger partial charge in [-0.25, -0.2) is 0 Å². The summed E-state index contributed by atoms with van der Waals surface area (Å²) in [6.07, 6.45) is -4.91. The van der Waals surface area contributed by atoms with Crippen molar-refractivity contribution < 1.29 is 27.8 Å². The minimum absolute atomic E-state index is 0.161. The molecule has 0 aliphatic heterocycles. The molecule has 0 bridgehead atoms. The Hall–Kier alpha value is -1.64. The molecule has 3 N–H and O–H groups in total.